The Balaban J connectivity index is 2.35. The number of hydrogen-bond donors (Lipinski definition) is 0. The zero-order valence-corrected chi connectivity index (χ0v) is 13.2. The van der Waals surface area contributed by atoms with Crippen LogP contribution in [0.2, 0.25) is 15.1 Å². The molecule has 0 spiro atoms. The van der Waals surface area contributed by atoms with Crippen molar-refractivity contribution in [2.45, 2.75) is 20.3 Å². The predicted molar refractivity (Wildman–Crippen MR) is 85.5 cm³/mol. The van der Waals surface area contributed by atoms with E-state index in [1.165, 1.54) is 5.56 Å². The lowest BCUT2D eigenvalue weighted by Gasteiger charge is -2.09. The molecular formula is C16H15Cl3. The van der Waals surface area contributed by atoms with Crippen LogP contribution in [0.25, 0.3) is 11.1 Å². The average Bonchev–Trinajstić information content (AvgIpc) is 2.37. The standard InChI is InChI=1S/C16H15Cl3/c1-10(2)9-11-3-5-12(6-4-11)13-7-8-14(17)16(19)15(13)18/h3-8,10H,9H2,1-2H3. The second kappa shape index (κ2) is 6.17. The molecular weight excluding hydrogens is 299 g/mol. The Morgan fingerprint density at radius 2 is 1.47 bits per heavy atom. The highest BCUT2D eigenvalue weighted by atomic mass is 35.5. The molecule has 2 rings (SSSR count). The van der Waals surface area contributed by atoms with Gasteiger partial charge in [-0.2, -0.15) is 0 Å². The van der Waals surface area contributed by atoms with Crippen molar-refractivity contribution in [3.63, 3.8) is 0 Å². The van der Waals surface area contributed by atoms with Gasteiger partial charge in [0.15, 0.2) is 0 Å². The fourth-order valence-electron chi connectivity index (χ4n) is 2.04. The van der Waals surface area contributed by atoms with E-state index >= 15 is 0 Å². The molecule has 0 saturated carbocycles. The monoisotopic (exact) mass is 312 g/mol. The Morgan fingerprint density at radius 3 is 2.05 bits per heavy atom. The SMILES string of the molecule is CC(C)Cc1ccc(-c2ccc(Cl)c(Cl)c2Cl)cc1. The molecule has 0 heterocycles. The highest BCUT2D eigenvalue weighted by Crippen LogP contribution is 2.38. The van der Waals surface area contributed by atoms with Crippen molar-refractivity contribution in [3.8, 4) is 11.1 Å². The van der Waals surface area contributed by atoms with Gasteiger partial charge in [0, 0.05) is 5.56 Å². The van der Waals surface area contributed by atoms with E-state index in [4.69, 9.17) is 34.8 Å². The third-order valence-corrected chi connectivity index (χ3v) is 4.24. The van der Waals surface area contributed by atoms with E-state index in [0.717, 1.165) is 17.5 Å². The summed E-state index contributed by atoms with van der Waals surface area (Å²) in [6.45, 7) is 4.42. The molecule has 0 saturated heterocycles. The fraction of sp³-hybridized carbons (Fsp3) is 0.250. The van der Waals surface area contributed by atoms with E-state index in [1.807, 2.05) is 6.07 Å². The largest absolute Gasteiger partial charge is 0.0827 e. The third-order valence-electron chi connectivity index (χ3n) is 2.94. The van der Waals surface area contributed by atoms with Crippen LogP contribution in [0.5, 0.6) is 0 Å². The van der Waals surface area contributed by atoms with Gasteiger partial charge < -0.3 is 0 Å². The first kappa shape index (κ1) is 14.7. The summed E-state index contributed by atoms with van der Waals surface area (Å²) in [4.78, 5) is 0. The van der Waals surface area contributed by atoms with E-state index in [1.54, 1.807) is 6.07 Å². The Bertz CT molecular complexity index is 571. The van der Waals surface area contributed by atoms with Crippen molar-refractivity contribution in [1.82, 2.24) is 0 Å². The summed E-state index contributed by atoms with van der Waals surface area (Å²) < 4.78 is 0. The Labute approximate surface area is 129 Å². The summed E-state index contributed by atoms with van der Waals surface area (Å²) in [6.07, 6.45) is 1.08. The second-order valence-corrected chi connectivity index (χ2v) is 6.18. The molecule has 0 atom stereocenters. The summed E-state index contributed by atoms with van der Waals surface area (Å²) in [5, 5.41) is 1.39. The van der Waals surface area contributed by atoms with Crippen molar-refractivity contribution in [3.05, 3.63) is 57.0 Å². The van der Waals surface area contributed by atoms with Gasteiger partial charge >= 0.3 is 0 Å². The predicted octanol–water partition coefficient (Wildman–Crippen LogP) is 6.51. The molecule has 100 valence electrons. The van der Waals surface area contributed by atoms with Gasteiger partial charge in [0.25, 0.3) is 0 Å². The van der Waals surface area contributed by atoms with Crippen LogP contribution in [0.1, 0.15) is 19.4 Å². The van der Waals surface area contributed by atoms with Crippen molar-refractivity contribution in [1.29, 1.82) is 0 Å². The normalized spacial score (nSPS) is 11.1. The molecule has 0 aliphatic heterocycles. The molecule has 2 aromatic carbocycles. The van der Waals surface area contributed by atoms with Crippen LogP contribution in [0.15, 0.2) is 36.4 Å². The van der Waals surface area contributed by atoms with Crippen LogP contribution in [0.4, 0.5) is 0 Å². The molecule has 2 aromatic rings. The minimum absolute atomic E-state index is 0.409. The van der Waals surface area contributed by atoms with E-state index in [2.05, 4.69) is 38.1 Å². The van der Waals surface area contributed by atoms with E-state index in [9.17, 15) is 0 Å². The van der Waals surface area contributed by atoms with Crippen molar-refractivity contribution < 1.29 is 0 Å². The zero-order valence-electron chi connectivity index (χ0n) is 10.9. The van der Waals surface area contributed by atoms with Crippen LogP contribution >= 0.6 is 34.8 Å². The van der Waals surface area contributed by atoms with Gasteiger partial charge in [-0.1, -0.05) is 79.0 Å². The van der Waals surface area contributed by atoms with Gasteiger partial charge in [0.1, 0.15) is 0 Å². The Morgan fingerprint density at radius 1 is 0.842 bits per heavy atom. The van der Waals surface area contributed by atoms with E-state index in [-0.39, 0.29) is 0 Å². The minimum Gasteiger partial charge on any atom is -0.0827 e. The maximum atomic E-state index is 6.24. The average molecular weight is 314 g/mol. The lowest BCUT2D eigenvalue weighted by Crippen LogP contribution is -1.93. The maximum Gasteiger partial charge on any atom is 0.0784 e. The molecule has 0 unspecified atom stereocenters. The first-order valence-electron chi connectivity index (χ1n) is 6.22. The molecule has 0 N–H and O–H groups in total. The van der Waals surface area contributed by atoms with Gasteiger partial charge in [-0.05, 0) is 29.5 Å². The third kappa shape index (κ3) is 3.45. The summed E-state index contributed by atoms with van der Waals surface area (Å²) in [5.74, 6) is 0.652. The van der Waals surface area contributed by atoms with Gasteiger partial charge in [-0.25, -0.2) is 0 Å². The fourth-order valence-corrected chi connectivity index (χ4v) is 2.69. The van der Waals surface area contributed by atoms with Crippen LogP contribution in [-0.2, 0) is 6.42 Å². The topological polar surface area (TPSA) is 0 Å². The van der Waals surface area contributed by atoms with Crippen LogP contribution < -0.4 is 0 Å². The Kier molecular flexibility index (Phi) is 4.78. The highest BCUT2D eigenvalue weighted by molar-refractivity contribution is 6.49. The lowest BCUT2D eigenvalue weighted by atomic mass is 9.99. The van der Waals surface area contributed by atoms with Gasteiger partial charge in [0.05, 0.1) is 15.1 Å². The van der Waals surface area contributed by atoms with Crippen LogP contribution in [0, 0.1) is 5.92 Å². The molecule has 0 fully saturated rings. The van der Waals surface area contributed by atoms with E-state index < -0.39 is 0 Å². The molecule has 0 aliphatic carbocycles. The highest BCUT2D eigenvalue weighted by Gasteiger charge is 2.10. The molecule has 3 heteroatoms. The van der Waals surface area contributed by atoms with Crippen LogP contribution in [-0.4, -0.2) is 0 Å². The maximum absolute atomic E-state index is 6.24. The number of hydrogen-bond acceptors (Lipinski definition) is 0. The summed E-state index contributed by atoms with van der Waals surface area (Å²) in [7, 11) is 0. The molecule has 0 bridgehead atoms. The second-order valence-electron chi connectivity index (χ2n) is 5.02. The molecule has 0 amide bonds. The van der Waals surface area contributed by atoms with Gasteiger partial charge in [-0.3, -0.25) is 0 Å². The minimum atomic E-state index is 0.409. The van der Waals surface area contributed by atoms with Gasteiger partial charge in [0.2, 0.25) is 0 Å². The summed E-state index contributed by atoms with van der Waals surface area (Å²) in [6, 6.07) is 12.1. The number of halogens is 3. The smallest absolute Gasteiger partial charge is 0.0784 e. The first-order chi connectivity index (χ1) is 8.99. The molecule has 19 heavy (non-hydrogen) atoms. The number of rotatable bonds is 3. The van der Waals surface area contributed by atoms with Crippen molar-refractivity contribution in [2.24, 2.45) is 5.92 Å². The quantitative estimate of drug-likeness (QED) is 0.566. The van der Waals surface area contributed by atoms with Crippen LogP contribution in [0.3, 0.4) is 0 Å². The molecule has 0 radical (unpaired) electrons. The zero-order chi connectivity index (χ0) is 14.0. The molecule has 0 aliphatic rings. The van der Waals surface area contributed by atoms with Crippen molar-refractivity contribution in [2.75, 3.05) is 0 Å². The summed E-state index contributed by atoms with van der Waals surface area (Å²) >= 11 is 18.2. The summed E-state index contributed by atoms with van der Waals surface area (Å²) in [5.41, 5.74) is 3.29. The Hall–Kier alpha value is -0.690. The molecule has 0 nitrogen and oxygen atoms in total. The molecule has 0 aromatic heterocycles. The number of benzene rings is 2. The van der Waals surface area contributed by atoms with E-state index in [0.29, 0.717) is 21.0 Å². The lowest BCUT2D eigenvalue weighted by molar-refractivity contribution is 0.647. The first-order valence-corrected chi connectivity index (χ1v) is 7.35. The van der Waals surface area contributed by atoms with Crippen molar-refractivity contribution >= 4 is 34.8 Å². The van der Waals surface area contributed by atoms with Gasteiger partial charge in [-0.15, -0.1) is 0 Å².